The molecule has 0 heterocycles. The molecule has 0 fully saturated rings. The second kappa shape index (κ2) is 7.68. The Balaban J connectivity index is 2.27. The van der Waals surface area contributed by atoms with Gasteiger partial charge in [-0.25, -0.2) is 0 Å². The van der Waals surface area contributed by atoms with E-state index in [2.05, 4.69) is 51.2 Å². The molecule has 1 N–H and O–H groups in total. The minimum atomic E-state index is -0.00193. The van der Waals surface area contributed by atoms with Crippen molar-refractivity contribution in [2.45, 2.75) is 52.3 Å². The molecule has 112 valence electrons. The third-order valence-corrected chi connectivity index (χ3v) is 3.39. The molecule has 2 nitrogen and oxygen atoms in total. The highest BCUT2D eigenvalue weighted by Gasteiger charge is 2.17. The van der Waals surface area contributed by atoms with Gasteiger partial charge in [-0.15, -0.1) is 11.6 Å². The molecular weight excluding hydrogens is 270 g/mol. The number of alkyl halides is 1. The van der Waals surface area contributed by atoms with E-state index in [1.54, 1.807) is 0 Å². The van der Waals surface area contributed by atoms with E-state index in [9.17, 15) is 4.79 Å². The predicted molar refractivity (Wildman–Crippen MR) is 86.2 cm³/mol. The third-order valence-electron chi connectivity index (χ3n) is 3.08. The van der Waals surface area contributed by atoms with Gasteiger partial charge in [0.05, 0.1) is 5.38 Å². The SMILES string of the molecule is Cc1cccc(CCC(=O)NCC(Cl)CC(C)(C)C)c1. The first-order chi connectivity index (χ1) is 9.26. The molecule has 3 heteroatoms. The van der Waals surface area contributed by atoms with Crippen LogP contribution in [-0.4, -0.2) is 17.8 Å². The Labute approximate surface area is 127 Å². The fourth-order valence-corrected chi connectivity index (χ4v) is 2.72. The average molecular weight is 296 g/mol. The summed E-state index contributed by atoms with van der Waals surface area (Å²) in [6.45, 7) is 9.07. The molecule has 0 aliphatic carbocycles. The number of rotatable bonds is 6. The zero-order chi connectivity index (χ0) is 15.2. The molecule has 0 bridgehead atoms. The Morgan fingerprint density at radius 1 is 1.35 bits per heavy atom. The highest BCUT2D eigenvalue weighted by Crippen LogP contribution is 2.23. The van der Waals surface area contributed by atoms with Crippen molar-refractivity contribution in [2.24, 2.45) is 5.41 Å². The first-order valence-electron chi connectivity index (χ1n) is 7.22. The van der Waals surface area contributed by atoms with Crippen molar-refractivity contribution in [2.75, 3.05) is 6.54 Å². The van der Waals surface area contributed by atoms with E-state index in [1.165, 1.54) is 11.1 Å². The Morgan fingerprint density at radius 3 is 2.65 bits per heavy atom. The summed E-state index contributed by atoms with van der Waals surface area (Å²) in [4.78, 5) is 11.8. The summed E-state index contributed by atoms with van der Waals surface area (Å²) in [6, 6.07) is 8.27. The highest BCUT2D eigenvalue weighted by atomic mass is 35.5. The van der Waals surface area contributed by atoms with Crippen LogP contribution < -0.4 is 5.32 Å². The monoisotopic (exact) mass is 295 g/mol. The molecule has 1 aromatic rings. The number of nitrogens with one attached hydrogen (secondary N) is 1. The molecule has 0 saturated carbocycles. The highest BCUT2D eigenvalue weighted by molar-refractivity contribution is 6.20. The van der Waals surface area contributed by atoms with Crippen LogP contribution >= 0.6 is 11.6 Å². The molecule has 0 saturated heterocycles. The molecule has 1 unspecified atom stereocenters. The number of carbonyl (C=O) groups is 1. The lowest BCUT2D eigenvalue weighted by molar-refractivity contribution is -0.121. The van der Waals surface area contributed by atoms with Crippen LogP contribution in [0.1, 0.15) is 44.7 Å². The van der Waals surface area contributed by atoms with Gasteiger partial charge in [-0.2, -0.15) is 0 Å². The Hall–Kier alpha value is -1.02. The maximum absolute atomic E-state index is 11.8. The molecule has 1 atom stereocenters. The molecule has 0 aliphatic rings. The van der Waals surface area contributed by atoms with Crippen LogP contribution in [0.4, 0.5) is 0 Å². The maximum Gasteiger partial charge on any atom is 0.220 e. The van der Waals surface area contributed by atoms with Gasteiger partial charge in [0.25, 0.3) is 0 Å². The first kappa shape index (κ1) is 17.0. The second-order valence-corrected chi connectivity index (χ2v) is 7.27. The normalized spacial score (nSPS) is 13.1. The van der Waals surface area contributed by atoms with Gasteiger partial charge in [-0.3, -0.25) is 4.79 Å². The predicted octanol–water partition coefficient (Wildman–Crippen LogP) is 4.09. The molecule has 1 amide bonds. The van der Waals surface area contributed by atoms with Crippen molar-refractivity contribution >= 4 is 17.5 Å². The topological polar surface area (TPSA) is 29.1 Å². The van der Waals surface area contributed by atoms with Gasteiger partial charge in [-0.1, -0.05) is 50.6 Å². The van der Waals surface area contributed by atoms with Gasteiger partial charge in [0.2, 0.25) is 5.91 Å². The Morgan fingerprint density at radius 2 is 2.05 bits per heavy atom. The summed E-state index contributed by atoms with van der Waals surface area (Å²) < 4.78 is 0. The molecule has 0 radical (unpaired) electrons. The van der Waals surface area contributed by atoms with E-state index in [4.69, 9.17) is 11.6 Å². The van der Waals surface area contributed by atoms with Crippen molar-refractivity contribution in [1.82, 2.24) is 5.32 Å². The van der Waals surface area contributed by atoms with Gasteiger partial charge in [0.1, 0.15) is 0 Å². The first-order valence-corrected chi connectivity index (χ1v) is 7.66. The largest absolute Gasteiger partial charge is 0.355 e. The Bertz CT molecular complexity index is 437. The number of halogens is 1. The minimum absolute atomic E-state index is 0.00193. The smallest absolute Gasteiger partial charge is 0.220 e. The average Bonchev–Trinajstić information content (AvgIpc) is 2.32. The standard InChI is InChI=1S/C17H26ClNO/c1-13-6-5-7-14(10-13)8-9-16(20)19-12-15(18)11-17(2,3)4/h5-7,10,15H,8-9,11-12H2,1-4H3,(H,19,20). The molecular formula is C17H26ClNO. The van der Waals surface area contributed by atoms with Crippen LogP contribution in [0.15, 0.2) is 24.3 Å². The lowest BCUT2D eigenvalue weighted by atomic mass is 9.90. The quantitative estimate of drug-likeness (QED) is 0.787. The lowest BCUT2D eigenvalue weighted by Crippen LogP contribution is -2.31. The molecule has 1 aromatic carbocycles. The fraction of sp³-hybridized carbons (Fsp3) is 0.588. The van der Waals surface area contributed by atoms with Crippen molar-refractivity contribution < 1.29 is 4.79 Å². The number of benzene rings is 1. The zero-order valence-electron chi connectivity index (χ0n) is 13.0. The van der Waals surface area contributed by atoms with Gasteiger partial charge in [-0.05, 0) is 30.7 Å². The van der Waals surface area contributed by atoms with Crippen LogP contribution in [0.5, 0.6) is 0 Å². The van der Waals surface area contributed by atoms with Crippen LogP contribution in [-0.2, 0) is 11.2 Å². The molecule has 0 aliphatic heterocycles. The van der Waals surface area contributed by atoms with E-state index in [0.717, 1.165) is 12.8 Å². The number of aryl methyl sites for hydroxylation is 2. The number of carbonyl (C=O) groups excluding carboxylic acids is 1. The summed E-state index contributed by atoms with van der Waals surface area (Å²) in [5.74, 6) is 0.0751. The van der Waals surface area contributed by atoms with E-state index < -0.39 is 0 Å². The van der Waals surface area contributed by atoms with Crippen molar-refractivity contribution in [3.05, 3.63) is 35.4 Å². The Kier molecular flexibility index (Phi) is 6.54. The van der Waals surface area contributed by atoms with Crippen molar-refractivity contribution in [1.29, 1.82) is 0 Å². The summed E-state index contributed by atoms with van der Waals surface area (Å²) in [6.07, 6.45) is 2.19. The number of amides is 1. The maximum atomic E-state index is 11.8. The van der Waals surface area contributed by atoms with E-state index in [1.807, 2.05) is 6.07 Å². The van der Waals surface area contributed by atoms with Gasteiger partial charge >= 0.3 is 0 Å². The summed E-state index contributed by atoms with van der Waals surface area (Å²) in [7, 11) is 0. The van der Waals surface area contributed by atoms with Crippen LogP contribution in [0, 0.1) is 12.3 Å². The van der Waals surface area contributed by atoms with Gasteiger partial charge in [0, 0.05) is 13.0 Å². The number of hydrogen-bond donors (Lipinski definition) is 1. The molecule has 0 aromatic heterocycles. The summed E-state index contributed by atoms with van der Waals surface area (Å²) >= 11 is 6.23. The zero-order valence-corrected chi connectivity index (χ0v) is 13.8. The summed E-state index contributed by atoms with van der Waals surface area (Å²) in [5, 5.41) is 2.92. The van der Waals surface area contributed by atoms with Crippen molar-refractivity contribution in [3.63, 3.8) is 0 Å². The van der Waals surface area contributed by atoms with E-state index >= 15 is 0 Å². The van der Waals surface area contributed by atoms with Crippen LogP contribution in [0.25, 0.3) is 0 Å². The van der Waals surface area contributed by atoms with Crippen LogP contribution in [0.2, 0.25) is 0 Å². The van der Waals surface area contributed by atoms with Gasteiger partial charge in [0.15, 0.2) is 0 Å². The third kappa shape index (κ3) is 7.54. The molecule has 1 rings (SSSR count). The second-order valence-electron chi connectivity index (χ2n) is 6.66. The van der Waals surface area contributed by atoms with E-state index in [-0.39, 0.29) is 16.7 Å². The summed E-state index contributed by atoms with van der Waals surface area (Å²) in [5.41, 5.74) is 2.63. The minimum Gasteiger partial charge on any atom is -0.355 e. The van der Waals surface area contributed by atoms with Crippen molar-refractivity contribution in [3.8, 4) is 0 Å². The van der Waals surface area contributed by atoms with Gasteiger partial charge < -0.3 is 5.32 Å². The number of hydrogen-bond acceptors (Lipinski definition) is 1. The van der Waals surface area contributed by atoms with E-state index in [0.29, 0.717) is 13.0 Å². The molecule has 20 heavy (non-hydrogen) atoms. The lowest BCUT2D eigenvalue weighted by Gasteiger charge is -2.22. The van der Waals surface area contributed by atoms with Crippen LogP contribution in [0.3, 0.4) is 0 Å². The fourth-order valence-electron chi connectivity index (χ4n) is 2.18. The molecule has 0 spiro atoms.